The van der Waals surface area contributed by atoms with Crippen molar-refractivity contribution in [2.24, 2.45) is 0 Å². The quantitative estimate of drug-likeness (QED) is 0.607. The van der Waals surface area contributed by atoms with Crippen molar-refractivity contribution in [1.29, 1.82) is 0 Å². The van der Waals surface area contributed by atoms with Gasteiger partial charge in [-0.05, 0) is 0 Å². The first-order valence-corrected chi connectivity index (χ1v) is 6.25. The van der Waals surface area contributed by atoms with Gasteiger partial charge in [-0.1, -0.05) is 30.3 Å². The Balaban J connectivity index is 1.97. The van der Waals surface area contributed by atoms with E-state index >= 15 is 0 Å². The van der Waals surface area contributed by atoms with Crippen LogP contribution in [0.15, 0.2) is 30.3 Å². The summed E-state index contributed by atoms with van der Waals surface area (Å²) < 4.78 is 10.3. The van der Waals surface area contributed by atoms with E-state index in [9.17, 15) is 9.59 Å². The number of ether oxygens (including phenoxy) is 2. The molecule has 1 fully saturated rings. The van der Waals surface area contributed by atoms with Crippen LogP contribution in [0.4, 0.5) is 0 Å². The fourth-order valence-corrected chi connectivity index (χ4v) is 2.47. The van der Waals surface area contributed by atoms with E-state index in [1.165, 1.54) is 18.7 Å². The third-order valence-electron chi connectivity index (χ3n) is 2.23. The van der Waals surface area contributed by atoms with Crippen molar-refractivity contribution in [2.75, 3.05) is 5.75 Å². The first-order chi connectivity index (χ1) is 8.16. The minimum atomic E-state index is -0.616. The van der Waals surface area contributed by atoms with Crippen LogP contribution < -0.4 is 0 Å². The first kappa shape index (κ1) is 12.1. The Morgan fingerprint density at radius 3 is 2.71 bits per heavy atom. The van der Waals surface area contributed by atoms with Crippen LogP contribution in [-0.4, -0.2) is 29.2 Å². The molecule has 1 aromatic rings. The second kappa shape index (κ2) is 5.33. The molecular formula is C12H12O4S. The molecule has 0 unspecified atom stereocenters. The van der Waals surface area contributed by atoms with E-state index in [0.717, 1.165) is 0 Å². The number of hydrogen-bond acceptors (Lipinski definition) is 5. The van der Waals surface area contributed by atoms with Crippen LogP contribution in [0.1, 0.15) is 17.3 Å². The number of ketones is 1. The van der Waals surface area contributed by atoms with Crippen molar-refractivity contribution in [3.63, 3.8) is 0 Å². The zero-order chi connectivity index (χ0) is 12.3. The average Bonchev–Trinajstić information content (AvgIpc) is 2.77. The lowest BCUT2D eigenvalue weighted by atomic mass is 10.1. The van der Waals surface area contributed by atoms with E-state index in [-0.39, 0.29) is 5.78 Å². The minimum Gasteiger partial charge on any atom is -0.435 e. The van der Waals surface area contributed by atoms with Gasteiger partial charge in [0.2, 0.25) is 12.1 Å². The van der Waals surface area contributed by atoms with Crippen molar-refractivity contribution in [1.82, 2.24) is 0 Å². The summed E-state index contributed by atoms with van der Waals surface area (Å²) in [6.45, 7) is 1.32. The van der Waals surface area contributed by atoms with Crippen LogP contribution in [0.5, 0.6) is 0 Å². The molecular weight excluding hydrogens is 240 g/mol. The van der Waals surface area contributed by atoms with Gasteiger partial charge in [0.15, 0.2) is 5.44 Å². The molecule has 2 atom stereocenters. The Kier molecular flexibility index (Phi) is 3.81. The molecule has 1 aliphatic rings. The molecule has 0 aromatic heterocycles. The van der Waals surface area contributed by atoms with Gasteiger partial charge in [-0.25, -0.2) is 0 Å². The molecule has 1 heterocycles. The third kappa shape index (κ3) is 3.08. The molecule has 1 aliphatic heterocycles. The average molecular weight is 252 g/mol. The van der Waals surface area contributed by atoms with E-state index in [4.69, 9.17) is 9.47 Å². The Morgan fingerprint density at radius 1 is 1.35 bits per heavy atom. The fourth-order valence-electron chi connectivity index (χ4n) is 1.51. The SMILES string of the molecule is CC(=O)O[C@@H]1CS[C@@H](C(=O)c2ccccc2)O1. The maximum Gasteiger partial charge on any atom is 0.304 e. The van der Waals surface area contributed by atoms with Gasteiger partial charge >= 0.3 is 5.97 Å². The zero-order valence-electron chi connectivity index (χ0n) is 9.29. The highest BCUT2D eigenvalue weighted by molar-refractivity contribution is 8.00. The van der Waals surface area contributed by atoms with E-state index in [1.54, 1.807) is 24.3 Å². The number of thioether (sulfide) groups is 1. The molecule has 0 bridgehead atoms. The maximum absolute atomic E-state index is 12.0. The van der Waals surface area contributed by atoms with Crippen LogP contribution in [0.2, 0.25) is 0 Å². The monoisotopic (exact) mass is 252 g/mol. The highest BCUT2D eigenvalue weighted by atomic mass is 32.2. The normalized spacial score (nSPS) is 23.4. The van der Waals surface area contributed by atoms with Crippen molar-refractivity contribution < 1.29 is 19.1 Å². The van der Waals surface area contributed by atoms with Crippen LogP contribution in [-0.2, 0) is 14.3 Å². The number of carbonyl (C=O) groups is 2. The maximum atomic E-state index is 12.0. The summed E-state index contributed by atoms with van der Waals surface area (Å²) in [7, 11) is 0. The highest BCUT2D eigenvalue weighted by Crippen LogP contribution is 2.28. The van der Waals surface area contributed by atoms with Crippen LogP contribution in [0, 0.1) is 0 Å². The molecule has 5 heteroatoms. The largest absolute Gasteiger partial charge is 0.435 e. The molecule has 0 amide bonds. The van der Waals surface area contributed by atoms with Crippen LogP contribution in [0.25, 0.3) is 0 Å². The zero-order valence-corrected chi connectivity index (χ0v) is 10.1. The van der Waals surface area contributed by atoms with Gasteiger partial charge in [-0.2, -0.15) is 0 Å². The summed E-state index contributed by atoms with van der Waals surface area (Å²) in [5.41, 5.74) is 0.0234. The lowest BCUT2D eigenvalue weighted by molar-refractivity contribution is -0.168. The number of esters is 1. The molecule has 1 aromatic carbocycles. The van der Waals surface area contributed by atoms with Gasteiger partial charge in [0.05, 0.1) is 5.75 Å². The van der Waals surface area contributed by atoms with Gasteiger partial charge < -0.3 is 9.47 Å². The number of rotatable bonds is 3. The Hall–Kier alpha value is -1.33. The van der Waals surface area contributed by atoms with E-state index in [0.29, 0.717) is 11.3 Å². The molecule has 2 rings (SSSR count). The number of hydrogen-bond donors (Lipinski definition) is 0. The smallest absolute Gasteiger partial charge is 0.304 e. The number of benzene rings is 1. The molecule has 0 saturated carbocycles. The summed E-state index contributed by atoms with van der Waals surface area (Å²) in [5, 5.41) is 0. The Bertz CT molecular complexity index is 418. The number of Topliss-reactive ketones (excluding diaryl/α,β-unsaturated/α-hetero) is 1. The van der Waals surface area contributed by atoms with Crippen LogP contribution >= 0.6 is 11.8 Å². The third-order valence-corrected chi connectivity index (χ3v) is 3.32. The molecule has 0 spiro atoms. The molecule has 4 nitrogen and oxygen atoms in total. The standard InChI is InChI=1S/C12H12O4S/c1-8(13)15-10-7-17-12(16-10)11(14)9-5-3-2-4-6-9/h2-6,10,12H,7H2,1H3/t10-,12-/m0/s1. The van der Waals surface area contributed by atoms with E-state index < -0.39 is 17.7 Å². The minimum absolute atomic E-state index is 0.0924. The topological polar surface area (TPSA) is 52.6 Å². The van der Waals surface area contributed by atoms with E-state index in [1.807, 2.05) is 6.07 Å². The second-order valence-corrected chi connectivity index (χ2v) is 4.67. The molecule has 90 valence electrons. The lowest BCUT2D eigenvalue weighted by Gasteiger charge is -2.11. The van der Waals surface area contributed by atoms with E-state index in [2.05, 4.69) is 0 Å². The number of carbonyl (C=O) groups excluding carboxylic acids is 2. The molecule has 17 heavy (non-hydrogen) atoms. The first-order valence-electron chi connectivity index (χ1n) is 5.20. The summed E-state index contributed by atoms with van der Waals surface area (Å²) in [6, 6.07) is 8.94. The fraction of sp³-hybridized carbons (Fsp3) is 0.333. The second-order valence-electron chi connectivity index (χ2n) is 3.57. The Labute approximate surface area is 103 Å². The molecule has 0 radical (unpaired) electrons. The molecule has 0 aliphatic carbocycles. The van der Waals surface area contributed by atoms with Crippen molar-refractivity contribution in [3.05, 3.63) is 35.9 Å². The van der Waals surface area contributed by atoms with Crippen molar-refractivity contribution in [3.8, 4) is 0 Å². The van der Waals surface area contributed by atoms with Gasteiger partial charge in [0.25, 0.3) is 0 Å². The summed E-state index contributed by atoms with van der Waals surface area (Å²) in [6.07, 6.45) is -0.616. The predicted octanol–water partition coefficient (Wildman–Crippen LogP) is 1.85. The Morgan fingerprint density at radius 2 is 2.06 bits per heavy atom. The van der Waals surface area contributed by atoms with Crippen LogP contribution in [0.3, 0.4) is 0 Å². The summed E-state index contributed by atoms with van der Waals surface area (Å²) in [5.74, 6) is -0.00307. The summed E-state index contributed by atoms with van der Waals surface area (Å²) in [4.78, 5) is 22.7. The summed E-state index contributed by atoms with van der Waals surface area (Å²) >= 11 is 1.35. The predicted molar refractivity (Wildman–Crippen MR) is 63.7 cm³/mol. The highest BCUT2D eigenvalue weighted by Gasteiger charge is 2.33. The van der Waals surface area contributed by atoms with Gasteiger partial charge in [0.1, 0.15) is 0 Å². The van der Waals surface area contributed by atoms with Gasteiger partial charge in [-0.15, -0.1) is 11.8 Å². The molecule has 0 N–H and O–H groups in total. The lowest BCUT2D eigenvalue weighted by Crippen LogP contribution is -2.23. The molecule has 1 saturated heterocycles. The van der Waals surface area contributed by atoms with Crippen molar-refractivity contribution >= 4 is 23.5 Å². The van der Waals surface area contributed by atoms with Crippen molar-refractivity contribution in [2.45, 2.75) is 18.6 Å². The van der Waals surface area contributed by atoms with Gasteiger partial charge in [0, 0.05) is 12.5 Å². The van der Waals surface area contributed by atoms with Gasteiger partial charge in [-0.3, -0.25) is 9.59 Å².